The van der Waals surface area contributed by atoms with E-state index in [1.165, 1.54) is 0 Å². The van der Waals surface area contributed by atoms with Crippen molar-refractivity contribution >= 4 is 33.3 Å². The molecule has 0 saturated carbocycles. The summed E-state index contributed by atoms with van der Waals surface area (Å²) in [6, 6.07) is 2.31. The lowest BCUT2D eigenvalue weighted by Crippen LogP contribution is -2.54. The number of nitrogens with zero attached hydrogens (tertiary/aromatic N) is 4. The normalized spacial score (nSPS) is 19.9. The summed E-state index contributed by atoms with van der Waals surface area (Å²) in [5.41, 5.74) is 0. The summed E-state index contributed by atoms with van der Waals surface area (Å²) in [5, 5.41) is 3.08. The van der Waals surface area contributed by atoms with Crippen LogP contribution in [0.15, 0.2) is 11.4 Å². The number of piperazine rings is 1. The van der Waals surface area contributed by atoms with Gasteiger partial charge >= 0.3 is 0 Å². The molecule has 0 N–H and O–H groups in total. The van der Waals surface area contributed by atoms with Crippen LogP contribution in [-0.2, 0) is 11.2 Å². The first-order valence-electron chi connectivity index (χ1n) is 6.85. The van der Waals surface area contributed by atoms with E-state index in [-0.39, 0.29) is 11.9 Å². The van der Waals surface area contributed by atoms with Crippen molar-refractivity contribution in [3.8, 4) is 0 Å². The standard InChI is InChI=1S/C14H18N4OS/c1-4-11-15-13(10-5-6-20-14(10)16-11)18-8-12(19)17(3)7-9(18)2/h5-6,9H,4,7-8H2,1-3H3. The molecule has 0 aliphatic carbocycles. The molecule has 1 saturated heterocycles. The van der Waals surface area contributed by atoms with Crippen molar-refractivity contribution in [1.29, 1.82) is 0 Å². The minimum Gasteiger partial charge on any atom is -0.342 e. The molecular formula is C14H18N4OS. The van der Waals surface area contributed by atoms with Crippen LogP contribution in [0.4, 0.5) is 5.82 Å². The van der Waals surface area contributed by atoms with Gasteiger partial charge in [0.15, 0.2) is 0 Å². The third kappa shape index (κ3) is 2.14. The zero-order chi connectivity index (χ0) is 14.3. The molecule has 2 aromatic heterocycles. The van der Waals surface area contributed by atoms with Gasteiger partial charge in [0.2, 0.25) is 5.91 Å². The van der Waals surface area contributed by atoms with E-state index in [4.69, 9.17) is 0 Å². The minimum absolute atomic E-state index is 0.142. The number of rotatable bonds is 2. The number of amides is 1. The van der Waals surface area contributed by atoms with Crippen molar-refractivity contribution in [3.63, 3.8) is 0 Å². The summed E-state index contributed by atoms with van der Waals surface area (Å²) in [7, 11) is 1.85. The van der Waals surface area contributed by atoms with Crippen LogP contribution in [-0.4, -0.2) is 47.0 Å². The van der Waals surface area contributed by atoms with Gasteiger partial charge in [0.25, 0.3) is 0 Å². The molecule has 0 radical (unpaired) electrons. The average Bonchev–Trinajstić information content (AvgIpc) is 2.90. The number of fused-ring (bicyclic) bond motifs is 1. The Balaban J connectivity index is 2.08. The predicted molar refractivity (Wildman–Crippen MR) is 81.2 cm³/mol. The van der Waals surface area contributed by atoms with Gasteiger partial charge in [-0.25, -0.2) is 9.97 Å². The van der Waals surface area contributed by atoms with Crippen LogP contribution >= 0.6 is 11.3 Å². The number of aryl methyl sites for hydroxylation is 1. The zero-order valence-electron chi connectivity index (χ0n) is 12.0. The highest BCUT2D eigenvalue weighted by Gasteiger charge is 2.29. The molecule has 1 aliphatic rings. The monoisotopic (exact) mass is 290 g/mol. The quantitative estimate of drug-likeness (QED) is 0.848. The average molecular weight is 290 g/mol. The maximum atomic E-state index is 12.0. The first kappa shape index (κ1) is 13.3. The number of aromatic nitrogens is 2. The van der Waals surface area contributed by atoms with Crippen molar-refractivity contribution in [1.82, 2.24) is 14.9 Å². The molecule has 1 unspecified atom stereocenters. The third-order valence-corrected chi connectivity index (χ3v) is 4.55. The Labute approximate surface area is 122 Å². The fourth-order valence-corrected chi connectivity index (χ4v) is 3.34. The summed E-state index contributed by atoms with van der Waals surface area (Å²) >= 11 is 1.62. The summed E-state index contributed by atoms with van der Waals surface area (Å²) in [4.78, 5) is 26.1. The minimum atomic E-state index is 0.142. The smallest absolute Gasteiger partial charge is 0.241 e. The lowest BCUT2D eigenvalue weighted by molar-refractivity contribution is -0.130. The van der Waals surface area contributed by atoms with Crippen LogP contribution in [0.3, 0.4) is 0 Å². The van der Waals surface area contributed by atoms with Gasteiger partial charge in [0, 0.05) is 26.1 Å². The molecule has 3 rings (SSSR count). The lowest BCUT2D eigenvalue weighted by atomic mass is 10.2. The van der Waals surface area contributed by atoms with Crippen molar-refractivity contribution in [2.75, 3.05) is 25.0 Å². The van der Waals surface area contributed by atoms with Crippen molar-refractivity contribution in [2.45, 2.75) is 26.3 Å². The lowest BCUT2D eigenvalue weighted by Gasteiger charge is -2.38. The predicted octanol–water partition coefficient (Wildman–Crippen LogP) is 1.92. The Hall–Kier alpha value is -1.69. The summed E-state index contributed by atoms with van der Waals surface area (Å²) in [6.45, 7) is 5.31. The largest absolute Gasteiger partial charge is 0.342 e. The summed E-state index contributed by atoms with van der Waals surface area (Å²) in [6.07, 6.45) is 0.802. The van der Waals surface area contributed by atoms with E-state index in [0.717, 1.165) is 34.8 Å². The van der Waals surface area contributed by atoms with E-state index in [9.17, 15) is 4.79 Å². The van der Waals surface area contributed by atoms with Gasteiger partial charge in [-0.15, -0.1) is 11.3 Å². The second kappa shape index (κ2) is 5.01. The van der Waals surface area contributed by atoms with Crippen LogP contribution in [0.5, 0.6) is 0 Å². The molecular weight excluding hydrogens is 272 g/mol. The van der Waals surface area contributed by atoms with E-state index in [1.54, 1.807) is 16.2 Å². The molecule has 1 amide bonds. The second-order valence-electron chi connectivity index (χ2n) is 5.21. The fourth-order valence-electron chi connectivity index (χ4n) is 2.56. The Morgan fingerprint density at radius 1 is 1.45 bits per heavy atom. The maximum Gasteiger partial charge on any atom is 0.241 e. The van der Waals surface area contributed by atoms with Gasteiger partial charge < -0.3 is 9.80 Å². The van der Waals surface area contributed by atoms with E-state index >= 15 is 0 Å². The molecule has 3 heterocycles. The maximum absolute atomic E-state index is 12.0. The molecule has 0 spiro atoms. The first-order valence-corrected chi connectivity index (χ1v) is 7.72. The Morgan fingerprint density at radius 2 is 2.25 bits per heavy atom. The fraction of sp³-hybridized carbons (Fsp3) is 0.500. The van der Waals surface area contributed by atoms with Gasteiger partial charge in [-0.05, 0) is 18.4 Å². The molecule has 106 valence electrons. The van der Waals surface area contributed by atoms with Gasteiger partial charge in [0.1, 0.15) is 16.5 Å². The number of likely N-dealkylation sites (N-methyl/N-ethyl adjacent to an activating group) is 1. The van der Waals surface area contributed by atoms with E-state index in [0.29, 0.717) is 6.54 Å². The highest BCUT2D eigenvalue weighted by atomic mass is 32.1. The first-order chi connectivity index (χ1) is 9.60. The van der Waals surface area contributed by atoms with Crippen LogP contribution < -0.4 is 4.90 Å². The molecule has 1 aliphatic heterocycles. The zero-order valence-corrected chi connectivity index (χ0v) is 12.8. The second-order valence-corrected chi connectivity index (χ2v) is 6.10. The molecule has 0 bridgehead atoms. The van der Waals surface area contributed by atoms with E-state index in [1.807, 2.05) is 18.5 Å². The van der Waals surface area contributed by atoms with Gasteiger partial charge in [-0.3, -0.25) is 4.79 Å². The van der Waals surface area contributed by atoms with Crippen LogP contribution in [0.25, 0.3) is 10.2 Å². The highest BCUT2D eigenvalue weighted by molar-refractivity contribution is 7.16. The molecule has 1 fully saturated rings. The Kier molecular flexibility index (Phi) is 3.33. The summed E-state index contributed by atoms with van der Waals surface area (Å²) in [5.74, 6) is 1.89. The topological polar surface area (TPSA) is 49.3 Å². The molecule has 1 atom stereocenters. The van der Waals surface area contributed by atoms with Crippen molar-refractivity contribution in [3.05, 3.63) is 17.3 Å². The Morgan fingerprint density at radius 3 is 3.00 bits per heavy atom. The number of hydrogen-bond donors (Lipinski definition) is 0. The molecule has 0 aromatic carbocycles. The molecule has 2 aromatic rings. The Bertz CT molecular complexity index is 654. The van der Waals surface area contributed by atoms with E-state index < -0.39 is 0 Å². The highest BCUT2D eigenvalue weighted by Crippen LogP contribution is 2.30. The van der Waals surface area contributed by atoms with E-state index in [2.05, 4.69) is 28.7 Å². The van der Waals surface area contributed by atoms with Crippen molar-refractivity contribution in [2.24, 2.45) is 0 Å². The molecule has 6 heteroatoms. The number of anilines is 1. The molecule has 5 nitrogen and oxygen atoms in total. The molecule has 20 heavy (non-hydrogen) atoms. The number of carbonyl (C=O) groups excluding carboxylic acids is 1. The van der Waals surface area contributed by atoms with Crippen molar-refractivity contribution < 1.29 is 4.79 Å². The SMILES string of the molecule is CCc1nc(N2CC(=O)N(C)CC2C)c2ccsc2n1. The number of carbonyl (C=O) groups is 1. The summed E-state index contributed by atoms with van der Waals surface area (Å²) < 4.78 is 0. The number of hydrogen-bond acceptors (Lipinski definition) is 5. The number of thiophene rings is 1. The van der Waals surface area contributed by atoms with Crippen LogP contribution in [0.2, 0.25) is 0 Å². The van der Waals surface area contributed by atoms with Gasteiger partial charge in [0.05, 0.1) is 11.9 Å². The van der Waals surface area contributed by atoms with Crippen LogP contribution in [0, 0.1) is 0 Å². The third-order valence-electron chi connectivity index (χ3n) is 3.74. The van der Waals surface area contributed by atoms with Gasteiger partial charge in [-0.2, -0.15) is 0 Å². The van der Waals surface area contributed by atoms with Crippen LogP contribution in [0.1, 0.15) is 19.7 Å². The van der Waals surface area contributed by atoms with Gasteiger partial charge in [-0.1, -0.05) is 6.92 Å².